The van der Waals surface area contributed by atoms with Crippen LogP contribution in [-0.4, -0.2) is 35.1 Å². The molecule has 1 fully saturated rings. The minimum atomic E-state index is -0.833. The summed E-state index contributed by atoms with van der Waals surface area (Å²) in [7, 11) is 0. The molecule has 0 spiro atoms. The first kappa shape index (κ1) is 8.53. The molecule has 1 aliphatic rings. The van der Waals surface area contributed by atoms with Crippen LogP contribution in [0.3, 0.4) is 0 Å². The predicted molar refractivity (Wildman–Crippen MR) is 42.0 cm³/mol. The topological polar surface area (TPSA) is 40.5 Å². The Bertz CT molecular complexity index is 156. The van der Waals surface area contributed by atoms with Gasteiger partial charge in [0.1, 0.15) is 6.10 Å². The van der Waals surface area contributed by atoms with Crippen molar-refractivity contribution in [2.75, 3.05) is 13.1 Å². The number of rotatable bonds is 1. The molecule has 3 heteroatoms. The highest BCUT2D eigenvalue weighted by Crippen LogP contribution is 2.15. The molecule has 1 aliphatic heterocycles. The molecule has 11 heavy (non-hydrogen) atoms. The Labute approximate surface area is 67.0 Å². The first-order valence-electron chi connectivity index (χ1n) is 4.08. The number of hydrogen-bond donors (Lipinski definition) is 1. The van der Waals surface area contributed by atoms with E-state index in [9.17, 15) is 4.79 Å². The van der Waals surface area contributed by atoms with Crippen molar-refractivity contribution in [3.8, 4) is 0 Å². The fraction of sp³-hybridized carbons (Fsp3) is 0.875. The Morgan fingerprint density at radius 3 is 2.73 bits per heavy atom. The van der Waals surface area contributed by atoms with Crippen LogP contribution in [-0.2, 0) is 4.79 Å². The second-order valence-electron chi connectivity index (χ2n) is 3.35. The molecular weight excluding hydrogens is 142 g/mol. The third-order valence-corrected chi connectivity index (χ3v) is 2.09. The van der Waals surface area contributed by atoms with Crippen LogP contribution in [0.2, 0.25) is 0 Å². The number of carbonyl (C=O) groups excluding carboxylic acids is 1. The Kier molecular flexibility index (Phi) is 2.49. The summed E-state index contributed by atoms with van der Waals surface area (Å²) in [5, 5.41) is 8.98. The van der Waals surface area contributed by atoms with Gasteiger partial charge in [0.2, 0.25) is 0 Å². The Hall–Kier alpha value is -0.570. The summed E-state index contributed by atoms with van der Waals surface area (Å²) in [5.41, 5.74) is 0. The molecule has 1 N–H and O–H groups in total. The average molecular weight is 157 g/mol. The van der Waals surface area contributed by atoms with Crippen molar-refractivity contribution in [2.45, 2.75) is 26.4 Å². The van der Waals surface area contributed by atoms with E-state index in [1.54, 1.807) is 4.90 Å². The first-order chi connectivity index (χ1) is 5.11. The normalized spacial score (nSPS) is 27.2. The van der Waals surface area contributed by atoms with Gasteiger partial charge in [-0.2, -0.15) is 0 Å². The highest BCUT2D eigenvalue weighted by Gasteiger charge is 2.25. The van der Waals surface area contributed by atoms with E-state index in [1.165, 1.54) is 6.92 Å². The van der Waals surface area contributed by atoms with Crippen LogP contribution < -0.4 is 0 Å². The van der Waals surface area contributed by atoms with Gasteiger partial charge in [-0.3, -0.25) is 4.79 Å². The maximum absolute atomic E-state index is 11.2. The second kappa shape index (κ2) is 3.22. The monoisotopic (exact) mass is 157 g/mol. The highest BCUT2D eigenvalue weighted by molar-refractivity contribution is 5.80. The molecule has 64 valence electrons. The van der Waals surface area contributed by atoms with E-state index < -0.39 is 6.10 Å². The van der Waals surface area contributed by atoms with E-state index >= 15 is 0 Å². The van der Waals surface area contributed by atoms with Gasteiger partial charge in [0.15, 0.2) is 0 Å². The zero-order valence-electron chi connectivity index (χ0n) is 7.08. The number of hydrogen-bond acceptors (Lipinski definition) is 2. The standard InChI is InChI=1S/C8H15NO2/c1-6-3-4-9(5-6)8(11)7(2)10/h6-7,10H,3-5H2,1-2H3/t6-,7?/m0/s1. The van der Waals surface area contributed by atoms with Crippen LogP contribution in [0.15, 0.2) is 0 Å². The molecule has 0 radical (unpaired) electrons. The molecule has 0 bridgehead atoms. The zero-order chi connectivity index (χ0) is 8.43. The molecule has 1 unspecified atom stereocenters. The average Bonchev–Trinajstić information content (AvgIpc) is 2.34. The predicted octanol–water partition coefficient (Wildman–Crippen LogP) is 0.236. The molecule has 2 atom stereocenters. The molecule has 1 amide bonds. The molecular formula is C8H15NO2. The molecule has 0 aromatic carbocycles. The smallest absolute Gasteiger partial charge is 0.251 e. The zero-order valence-corrected chi connectivity index (χ0v) is 7.08. The number of aliphatic hydroxyl groups excluding tert-OH is 1. The van der Waals surface area contributed by atoms with Crippen LogP contribution in [0.5, 0.6) is 0 Å². The van der Waals surface area contributed by atoms with Gasteiger partial charge in [0, 0.05) is 13.1 Å². The van der Waals surface area contributed by atoms with Crippen LogP contribution in [0, 0.1) is 5.92 Å². The second-order valence-corrected chi connectivity index (χ2v) is 3.35. The number of amides is 1. The van der Waals surface area contributed by atoms with Crippen LogP contribution in [0.25, 0.3) is 0 Å². The molecule has 3 nitrogen and oxygen atoms in total. The van der Waals surface area contributed by atoms with Gasteiger partial charge in [-0.25, -0.2) is 0 Å². The summed E-state index contributed by atoms with van der Waals surface area (Å²) in [6.45, 7) is 5.26. The van der Waals surface area contributed by atoms with Crippen LogP contribution in [0.4, 0.5) is 0 Å². The van der Waals surface area contributed by atoms with E-state index in [0.29, 0.717) is 5.92 Å². The summed E-state index contributed by atoms with van der Waals surface area (Å²) in [6, 6.07) is 0. The van der Waals surface area contributed by atoms with E-state index in [0.717, 1.165) is 19.5 Å². The minimum Gasteiger partial charge on any atom is -0.384 e. The van der Waals surface area contributed by atoms with Gasteiger partial charge in [0.25, 0.3) is 5.91 Å². The van der Waals surface area contributed by atoms with Gasteiger partial charge >= 0.3 is 0 Å². The molecule has 1 rings (SSSR count). The van der Waals surface area contributed by atoms with Crippen molar-refractivity contribution < 1.29 is 9.90 Å². The number of likely N-dealkylation sites (tertiary alicyclic amines) is 1. The van der Waals surface area contributed by atoms with Crippen molar-refractivity contribution in [1.82, 2.24) is 4.90 Å². The maximum atomic E-state index is 11.2. The molecule has 1 heterocycles. The fourth-order valence-corrected chi connectivity index (χ4v) is 1.40. The van der Waals surface area contributed by atoms with Gasteiger partial charge in [-0.05, 0) is 19.3 Å². The van der Waals surface area contributed by atoms with E-state index in [4.69, 9.17) is 5.11 Å². The van der Waals surface area contributed by atoms with Crippen molar-refractivity contribution >= 4 is 5.91 Å². The summed E-state index contributed by atoms with van der Waals surface area (Å²) in [4.78, 5) is 12.9. The van der Waals surface area contributed by atoms with E-state index in [2.05, 4.69) is 6.92 Å². The van der Waals surface area contributed by atoms with Crippen molar-refractivity contribution in [2.24, 2.45) is 5.92 Å². The molecule has 0 aromatic heterocycles. The van der Waals surface area contributed by atoms with Crippen molar-refractivity contribution in [3.05, 3.63) is 0 Å². The quantitative estimate of drug-likeness (QED) is 0.592. The van der Waals surface area contributed by atoms with Crippen LogP contribution in [0.1, 0.15) is 20.3 Å². The summed E-state index contributed by atoms with van der Waals surface area (Å²) in [5.74, 6) is 0.465. The lowest BCUT2D eigenvalue weighted by Crippen LogP contribution is -2.35. The summed E-state index contributed by atoms with van der Waals surface area (Å²) >= 11 is 0. The summed E-state index contributed by atoms with van der Waals surface area (Å²) in [6.07, 6.45) is 0.235. The van der Waals surface area contributed by atoms with Gasteiger partial charge in [-0.15, -0.1) is 0 Å². The third-order valence-electron chi connectivity index (χ3n) is 2.09. The molecule has 1 saturated heterocycles. The lowest BCUT2D eigenvalue weighted by Gasteiger charge is -2.17. The number of nitrogens with zero attached hydrogens (tertiary/aromatic N) is 1. The lowest BCUT2D eigenvalue weighted by atomic mass is 10.2. The third kappa shape index (κ3) is 1.93. The first-order valence-corrected chi connectivity index (χ1v) is 4.08. The number of aliphatic hydroxyl groups is 1. The molecule has 0 aliphatic carbocycles. The minimum absolute atomic E-state index is 0.130. The van der Waals surface area contributed by atoms with E-state index in [-0.39, 0.29) is 5.91 Å². The lowest BCUT2D eigenvalue weighted by molar-refractivity contribution is -0.138. The van der Waals surface area contributed by atoms with E-state index in [1.807, 2.05) is 0 Å². The Balaban J connectivity index is 2.43. The SMILES string of the molecule is CC(O)C(=O)N1CC[C@H](C)C1. The Morgan fingerprint density at radius 2 is 2.36 bits per heavy atom. The maximum Gasteiger partial charge on any atom is 0.251 e. The van der Waals surface area contributed by atoms with Crippen molar-refractivity contribution in [1.29, 1.82) is 0 Å². The fourth-order valence-electron chi connectivity index (χ4n) is 1.40. The highest BCUT2D eigenvalue weighted by atomic mass is 16.3. The van der Waals surface area contributed by atoms with Crippen molar-refractivity contribution in [3.63, 3.8) is 0 Å². The van der Waals surface area contributed by atoms with Crippen LogP contribution >= 0.6 is 0 Å². The summed E-state index contributed by atoms with van der Waals surface area (Å²) < 4.78 is 0. The molecule has 0 saturated carbocycles. The largest absolute Gasteiger partial charge is 0.384 e. The van der Waals surface area contributed by atoms with Gasteiger partial charge in [0.05, 0.1) is 0 Å². The van der Waals surface area contributed by atoms with Gasteiger partial charge < -0.3 is 10.0 Å². The number of carbonyl (C=O) groups is 1. The Morgan fingerprint density at radius 1 is 1.73 bits per heavy atom. The molecule has 0 aromatic rings. The van der Waals surface area contributed by atoms with Gasteiger partial charge in [-0.1, -0.05) is 6.92 Å².